The third-order valence-electron chi connectivity index (χ3n) is 5.72. The van der Waals surface area contributed by atoms with Gasteiger partial charge in [0.15, 0.2) is 0 Å². The third-order valence-corrected chi connectivity index (χ3v) is 6.84. The molecular formula is C22H25N3O2S. The van der Waals surface area contributed by atoms with Crippen molar-refractivity contribution in [1.82, 2.24) is 14.9 Å². The molecule has 1 N–H and O–H groups in total. The molecule has 1 aliphatic rings. The van der Waals surface area contributed by atoms with Crippen LogP contribution in [0.5, 0.6) is 0 Å². The van der Waals surface area contributed by atoms with Gasteiger partial charge in [0.2, 0.25) is 5.91 Å². The smallest absolute Gasteiger partial charge is 0.262 e. The second-order valence-corrected chi connectivity index (χ2v) is 8.87. The number of carbonyl (C=O) groups is 1. The monoisotopic (exact) mass is 395 g/mol. The average Bonchev–Trinajstić information content (AvgIpc) is 2.98. The molecule has 3 aromatic rings. The van der Waals surface area contributed by atoms with Crippen LogP contribution in [0.4, 0.5) is 0 Å². The molecule has 1 amide bonds. The molecule has 0 saturated carbocycles. The Morgan fingerprint density at radius 3 is 2.79 bits per heavy atom. The van der Waals surface area contributed by atoms with E-state index < -0.39 is 0 Å². The van der Waals surface area contributed by atoms with E-state index >= 15 is 0 Å². The number of carbonyl (C=O) groups excluding carboxylic acids is 1. The number of nitrogens with one attached hydrogen (secondary N) is 1. The molecule has 146 valence electrons. The van der Waals surface area contributed by atoms with Gasteiger partial charge in [-0.2, -0.15) is 0 Å². The normalized spacial score (nSPS) is 14.7. The maximum Gasteiger partial charge on any atom is 0.262 e. The first-order valence-corrected chi connectivity index (χ1v) is 10.6. The number of fused-ring (bicyclic) bond motifs is 2. The van der Waals surface area contributed by atoms with Crippen LogP contribution in [0, 0.1) is 13.8 Å². The fourth-order valence-electron chi connectivity index (χ4n) is 3.93. The Kier molecular flexibility index (Phi) is 5.06. The SMILES string of the molecule is Cc1sc2ncn(CC(=O)N[C@@H](C)c3ccc4c(c3)CCCC4)c(=O)c2c1C. The van der Waals surface area contributed by atoms with Gasteiger partial charge < -0.3 is 5.32 Å². The van der Waals surface area contributed by atoms with Gasteiger partial charge in [-0.05, 0) is 68.7 Å². The van der Waals surface area contributed by atoms with Crippen molar-refractivity contribution in [3.8, 4) is 0 Å². The molecule has 1 aromatic carbocycles. The summed E-state index contributed by atoms with van der Waals surface area (Å²) >= 11 is 1.51. The van der Waals surface area contributed by atoms with Gasteiger partial charge in [-0.25, -0.2) is 4.98 Å². The second kappa shape index (κ2) is 7.51. The maximum absolute atomic E-state index is 12.8. The molecule has 4 rings (SSSR count). The van der Waals surface area contributed by atoms with E-state index in [0.717, 1.165) is 33.7 Å². The molecule has 0 aliphatic heterocycles. The summed E-state index contributed by atoms with van der Waals surface area (Å²) < 4.78 is 1.40. The summed E-state index contributed by atoms with van der Waals surface area (Å²) in [5.41, 5.74) is 4.75. The van der Waals surface area contributed by atoms with Crippen molar-refractivity contribution in [3.63, 3.8) is 0 Å². The Labute approximate surface area is 168 Å². The molecule has 2 heterocycles. The minimum atomic E-state index is -0.182. The van der Waals surface area contributed by atoms with Gasteiger partial charge in [-0.3, -0.25) is 14.2 Å². The molecule has 0 saturated heterocycles. The largest absolute Gasteiger partial charge is 0.348 e. The zero-order valence-corrected chi connectivity index (χ0v) is 17.4. The highest BCUT2D eigenvalue weighted by molar-refractivity contribution is 7.18. The third kappa shape index (κ3) is 3.49. The Balaban J connectivity index is 1.50. The lowest BCUT2D eigenvalue weighted by Gasteiger charge is -2.20. The zero-order chi connectivity index (χ0) is 19.8. The molecule has 0 spiro atoms. The average molecular weight is 396 g/mol. The van der Waals surface area contributed by atoms with E-state index in [1.807, 2.05) is 20.8 Å². The van der Waals surface area contributed by atoms with Gasteiger partial charge >= 0.3 is 0 Å². The molecule has 2 aromatic heterocycles. The maximum atomic E-state index is 12.8. The summed E-state index contributed by atoms with van der Waals surface area (Å²) in [6.45, 7) is 5.88. The van der Waals surface area contributed by atoms with Crippen molar-refractivity contribution < 1.29 is 4.79 Å². The fourth-order valence-corrected chi connectivity index (χ4v) is 4.92. The quantitative estimate of drug-likeness (QED) is 0.730. The van der Waals surface area contributed by atoms with Crippen LogP contribution in [-0.4, -0.2) is 15.5 Å². The number of hydrogen-bond donors (Lipinski definition) is 1. The van der Waals surface area contributed by atoms with Crippen LogP contribution in [0.2, 0.25) is 0 Å². The highest BCUT2D eigenvalue weighted by Crippen LogP contribution is 2.26. The summed E-state index contributed by atoms with van der Waals surface area (Å²) in [7, 11) is 0. The van der Waals surface area contributed by atoms with Crippen LogP contribution in [0.25, 0.3) is 10.2 Å². The number of aromatic nitrogens is 2. The van der Waals surface area contributed by atoms with Gasteiger partial charge in [0.25, 0.3) is 5.56 Å². The van der Waals surface area contributed by atoms with E-state index in [2.05, 4.69) is 28.5 Å². The molecule has 0 radical (unpaired) electrons. The van der Waals surface area contributed by atoms with Crippen molar-refractivity contribution in [1.29, 1.82) is 0 Å². The Morgan fingerprint density at radius 2 is 2.00 bits per heavy atom. The van der Waals surface area contributed by atoms with E-state index in [0.29, 0.717) is 5.39 Å². The minimum absolute atomic E-state index is 0.0224. The summed E-state index contributed by atoms with van der Waals surface area (Å²) in [5, 5.41) is 3.65. The number of hydrogen-bond acceptors (Lipinski definition) is 4. The van der Waals surface area contributed by atoms with E-state index in [1.54, 1.807) is 0 Å². The summed E-state index contributed by atoms with van der Waals surface area (Å²) in [5.74, 6) is -0.182. The van der Waals surface area contributed by atoms with Crippen LogP contribution in [0.1, 0.15) is 52.9 Å². The first-order valence-electron chi connectivity index (χ1n) is 9.80. The molecule has 1 atom stereocenters. The highest BCUT2D eigenvalue weighted by Gasteiger charge is 2.16. The molecule has 28 heavy (non-hydrogen) atoms. The van der Waals surface area contributed by atoms with Gasteiger partial charge in [-0.15, -0.1) is 11.3 Å². The number of amides is 1. The van der Waals surface area contributed by atoms with Crippen molar-refractivity contribution >= 4 is 27.5 Å². The van der Waals surface area contributed by atoms with Crippen molar-refractivity contribution in [3.05, 3.63) is 62.0 Å². The Hall–Kier alpha value is -2.47. The molecule has 5 nitrogen and oxygen atoms in total. The van der Waals surface area contributed by atoms with E-state index in [9.17, 15) is 9.59 Å². The molecular weight excluding hydrogens is 370 g/mol. The van der Waals surface area contributed by atoms with Crippen LogP contribution in [0.3, 0.4) is 0 Å². The fraction of sp³-hybridized carbons (Fsp3) is 0.409. The van der Waals surface area contributed by atoms with E-state index in [-0.39, 0.29) is 24.1 Å². The molecule has 0 unspecified atom stereocenters. The summed E-state index contributed by atoms with van der Waals surface area (Å²) in [6, 6.07) is 6.41. The lowest BCUT2D eigenvalue weighted by Crippen LogP contribution is -2.34. The topological polar surface area (TPSA) is 64.0 Å². The van der Waals surface area contributed by atoms with Crippen molar-refractivity contribution in [2.45, 2.75) is 59.0 Å². The summed E-state index contributed by atoms with van der Waals surface area (Å²) in [4.78, 5) is 31.5. The van der Waals surface area contributed by atoms with Gasteiger partial charge in [0, 0.05) is 4.88 Å². The first-order chi connectivity index (χ1) is 13.4. The minimum Gasteiger partial charge on any atom is -0.348 e. The predicted octanol–water partition coefficient (Wildman–Crippen LogP) is 3.83. The number of benzene rings is 1. The molecule has 6 heteroatoms. The van der Waals surface area contributed by atoms with Crippen LogP contribution >= 0.6 is 11.3 Å². The Bertz CT molecular complexity index is 1110. The van der Waals surface area contributed by atoms with Gasteiger partial charge in [0.05, 0.1) is 17.8 Å². The first kappa shape index (κ1) is 18.9. The highest BCUT2D eigenvalue weighted by atomic mass is 32.1. The van der Waals surface area contributed by atoms with Crippen molar-refractivity contribution in [2.75, 3.05) is 0 Å². The summed E-state index contributed by atoms with van der Waals surface area (Å²) in [6.07, 6.45) is 6.23. The number of rotatable bonds is 4. The van der Waals surface area contributed by atoms with Crippen LogP contribution in [-0.2, 0) is 24.2 Å². The van der Waals surface area contributed by atoms with Crippen LogP contribution in [0.15, 0.2) is 29.3 Å². The lowest BCUT2D eigenvalue weighted by atomic mass is 9.89. The Morgan fingerprint density at radius 1 is 1.25 bits per heavy atom. The van der Waals surface area contributed by atoms with E-state index in [4.69, 9.17) is 0 Å². The standard InChI is InChI=1S/C22H25N3O2S/c1-13-15(3)28-21-20(13)22(27)25(12-23-21)11-19(26)24-14(2)17-9-8-16-6-4-5-7-18(16)10-17/h8-10,12,14H,4-7,11H2,1-3H3,(H,24,26)/t14-/m0/s1. The number of nitrogens with zero attached hydrogens (tertiary/aromatic N) is 2. The molecule has 1 aliphatic carbocycles. The predicted molar refractivity (Wildman–Crippen MR) is 113 cm³/mol. The van der Waals surface area contributed by atoms with Crippen LogP contribution < -0.4 is 10.9 Å². The number of thiophene rings is 1. The van der Waals surface area contributed by atoms with E-state index in [1.165, 1.54) is 46.2 Å². The second-order valence-electron chi connectivity index (χ2n) is 7.67. The van der Waals surface area contributed by atoms with Gasteiger partial charge in [-0.1, -0.05) is 18.2 Å². The lowest BCUT2D eigenvalue weighted by molar-refractivity contribution is -0.122. The van der Waals surface area contributed by atoms with Crippen molar-refractivity contribution in [2.24, 2.45) is 0 Å². The number of aryl methyl sites for hydroxylation is 4. The molecule has 0 bridgehead atoms. The zero-order valence-electron chi connectivity index (χ0n) is 16.5. The van der Waals surface area contributed by atoms with Gasteiger partial charge in [0.1, 0.15) is 11.4 Å². The molecule has 0 fully saturated rings.